The van der Waals surface area contributed by atoms with Gasteiger partial charge in [-0.05, 0) is 17.2 Å². The summed E-state index contributed by atoms with van der Waals surface area (Å²) in [7, 11) is 0. The lowest BCUT2D eigenvalue weighted by Crippen LogP contribution is -1.77. The molecule has 0 saturated heterocycles. The Kier molecular flexibility index (Phi) is 6.55. The van der Waals surface area contributed by atoms with Crippen molar-refractivity contribution in [3.63, 3.8) is 0 Å². The standard InChI is InChI=1S/C12H9Br.CH2Cl2/c13-12-9-5-4-8-11(12)10-6-2-1-3-7-10;2-1-3/h1-9H;1H2. The zero-order valence-corrected chi connectivity index (χ0v) is 11.6. The minimum Gasteiger partial charge on any atom is -0.109 e. The summed E-state index contributed by atoms with van der Waals surface area (Å²) < 4.78 is 1.14. The van der Waals surface area contributed by atoms with Crippen molar-refractivity contribution in [1.29, 1.82) is 0 Å². The van der Waals surface area contributed by atoms with Crippen molar-refractivity contribution in [2.45, 2.75) is 0 Å². The van der Waals surface area contributed by atoms with Gasteiger partial charge in [0, 0.05) is 4.47 Å². The van der Waals surface area contributed by atoms with Gasteiger partial charge in [-0.2, -0.15) is 0 Å². The van der Waals surface area contributed by atoms with Gasteiger partial charge in [-0.25, -0.2) is 0 Å². The van der Waals surface area contributed by atoms with Gasteiger partial charge in [0.2, 0.25) is 0 Å². The fraction of sp³-hybridized carbons (Fsp3) is 0.0769. The first-order chi connectivity index (χ1) is 7.79. The second kappa shape index (κ2) is 7.72. The van der Waals surface area contributed by atoms with E-state index in [4.69, 9.17) is 23.2 Å². The van der Waals surface area contributed by atoms with E-state index in [2.05, 4.69) is 52.3 Å². The molecule has 0 aliphatic rings. The Bertz CT molecular complexity index is 415. The summed E-state index contributed by atoms with van der Waals surface area (Å²) >= 11 is 13.1. The summed E-state index contributed by atoms with van der Waals surface area (Å²) in [5.41, 5.74) is 2.48. The largest absolute Gasteiger partial charge is 0.109 e. The van der Waals surface area contributed by atoms with Crippen molar-refractivity contribution in [2.75, 3.05) is 5.34 Å². The Balaban J connectivity index is 0.000000386. The first kappa shape index (κ1) is 13.6. The third-order valence-corrected chi connectivity index (χ3v) is 2.65. The number of halogens is 3. The van der Waals surface area contributed by atoms with E-state index in [1.54, 1.807) is 0 Å². The van der Waals surface area contributed by atoms with Gasteiger partial charge in [-0.1, -0.05) is 64.5 Å². The molecule has 0 unspecified atom stereocenters. The molecule has 0 fully saturated rings. The first-order valence-electron chi connectivity index (χ1n) is 4.71. The Morgan fingerprint density at radius 2 is 1.31 bits per heavy atom. The van der Waals surface area contributed by atoms with Crippen molar-refractivity contribution >= 4 is 39.1 Å². The summed E-state index contributed by atoms with van der Waals surface area (Å²) in [4.78, 5) is 0. The van der Waals surface area contributed by atoms with E-state index in [9.17, 15) is 0 Å². The molecule has 0 aromatic heterocycles. The monoisotopic (exact) mass is 316 g/mol. The number of hydrogen-bond acceptors (Lipinski definition) is 0. The van der Waals surface area contributed by atoms with Crippen LogP contribution in [0.4, 0.5) is 0 Å². The molecule has 2 aromatic carbocycles. The molecule has 3 heteroatoms. The number of alkyl halides is 2. The zero-order valence-electron chi connectivity index (χ0n) is 8.54. The molecule has 0 aliphatic carbocycles. The lowest BCUT2D eigenvalue weighted by molar-refractivity contribution is 1.58. The van der Waals surface area contributed by atoms with Gasteiger partial charge in [0.15, 0.2) is 0 Å². The second-order valence-electron chi connectivity index (χ2n) is 2.95. The van der Waals surface area contributed by atoms with E-state index in [0.29, 0.717) is 0 Å². The highest BCUT2D eigenvalue weighted by atomic mass is 79.9. The molecule has 0 N–H and O–H groups in total. The molecule has 0 bridgehead atoms. The molecule has 0 spiro atoms. The molecule has 16 heavy (non-hydrogen) atoms. The third-order valence-electron chi connectivity index (χ3n) is 1.96. The molecule has 0 saturated carbocycles. The number of benzene rings is 2. The van der Waals surface area contributed by atoms with E-state index in [1.807, 2.05) is 18.2 Å². The summed E-state index contributed by atoms with van der Waals surface area (Å²) in [6.45, 7) is 0. The van der Waals surface area contributed by atoms with Crippen LogP contribution in [0.1, 0.15) is 0 Å². The fourth-order valence-corrected chi connectivity index (χ4v) is 1.83. The van der Waals surface area contributed by atoms with Gasteiger partial charge in [0.05, 0.1) is 5.34 Å². The van der Waals surface area contributed by atoms with Crippen molar-refractivity contribution in [3.8, 4) is 11.1 Å². The van der Waals surface area contributed by atoms with Crippen LogP contribution < -0.4 is 0 Å². The van der Waals surface area contributed by atoms with E-state index < -0.39 is 0 Å². The highest BCUT2D eigenvalue weighted by Crippen LogP contribution is 2.27. The van der Waals surface area contributed by atoms with E-state index >= 15 is 0 Å². The quantitative estimate of drug-likeness (QED) is 0.606. The van der Waals surface area contributed by atoms with Crippen molar-refractivity contribution < 1.29 is 0 Å². The molecular formula is C13H11BrCl2. The van der Waals surface area contributed by atoms with Gasteiger partial charge < -0.3 is 0 Å². The predicted molar refractivity (Wildman–Crippen MR) is 76.2 cm³/mol. The molecule has 0 atom stereocenters. The SMILES string of the molecule is Brc1ccccc1-c1ccccc1.ClCCl. The number of hydrogen-bond donors (Lipinski definition) is 0. The summed E-state index contributed by atoms with van der Waals surface area (Å²) in [5, 5.41) is 0.194. The lowest BCUT2D eigenvalue weighted by Gasteiger charge is -2.02. The maximum atomic E-state index is 4.76. The zero-order chi connectivity index (χ0) is 11.8. The Morgan fingerprint density at radius 1 is 0.812 bits per heavy atom. The predicted octanol–water partition coefficient (Wildman–Crippen LogP) is 5.54. The maximum absolute atomic E-state index is 4.76. The van der Waals surface area contributed by atoms with E-state index in [-0.39, 0.29) is 5.34 Å². The molecular weight excluding hydrogens is 307 g/mol. The maximum Gasteiger partial charge on any atom is 0.0967 e. The van der Waals surface area contributed by atoms with Crippen molar-refractivity contribution in [1.82, 2.24) is 0 Å². The third kappa shape index (κ3) is 4.17. The van der Waals surface area contributed by atoms with Crippen molar-refractivity contribution in [3.05, 3.63) is 59.1 Å². The normalized spacial score (nSPS) is 9.19. The van der Waals surface area contributed by atoms with Gasteiger partial charge in [-0.15, -0.1) is 23.2 Å². The minimum absolute atomic E-state index is 0.194. The highest BCUT2D eigenvalue weighted by molar-refractivity contribution is 9.10. The van der Waals surface area contributed by atoms with Crippen LogP contribution in [0.2, 0.25) is 0 Å². The van der Waals surface area contributed by atoms with E-state index in [0.717, 1.165) is 4.47 Å². The smallest absolute Gasteiger partial charge is 0.0967 e. The van der Waals surface area contributed by atoms with Crippen LogP contribution in [0.25, 0.3) is 11.1 Å². The Morgan fingerprint density at radius 3 is 1.88 bits per heavy atom. The molecule has 0 amide bonds. The summed E-state index contributed by atoms with van der Waals surface area (Å²) in [6, 6.07) is 18.6. The molecule has 0 aliphatic heterocycles. The second-order valence-corrected chi connectivity index (χ2v) is 4.61. The molecule has 0 radical (unpaired) electrons. The van der Waals surface area contributed by atoms with Crippen LogP contribution in [0.5, 0.6) is 0 Å². The summed E-state index contributed by atoms with van der Waals surface area (Å²) in [5.74, 6) is 0. The topological polar surface area (TPSA) is 0 Å². The van der Waals surface area contributed by atoms with Crippen LogP contribution in [-0.4, -0.2) is 5.34 Å². The Labute approximate surface area is 114 Å². The van der Waals surface area contributed by atoms with Gasteiger partial charge in [0.1, 0.15) is 0 Å². The van der Waals surface area contributed by atoms with Crippen molar-refractivity contribution in [2.24, 2.45) is 0 Å². The Hall–Kier alpha value is -0.500. The minimum atomic E-state index is 0.194. The van der Waals surface area contributed by atoms with Crippen LogP contribution in [0, 0.1) is 0 Å². The lowest BCUT2D eigenvalue weighted by atomic mass is 10.1. The van der Waals surface area contributed by atoms with Crippen LogP contribution in [0.15, 0.2) is 59.1 Å². The number of rotatable bonds is 1. The molecule has 84 valence electrons. The van der Waals surface area contributed by atoms with Gasteiger partial charge in [-0.3, -0.25) is 0 Å². The molecule has 0 heterocycles. The van der Waals surface area contributed by atoms with Gasteiger partial charge >= 0.3 is 0 Å². The van der Waals surface area contributed by atoms with Gasteiger partial charge in [0.25, 0.3) is 0 Å². The van der Waals surface area contributed by atoms with Crippen LogP contribution >= 0.6 is 39.1 Å². The summed E-state index contributed by atoms with van der Waals surface area (Å²) in [6.07, 6.45) is 0. The average molecular weight is 318 g/mol. The fourth-order valence-electron chi connectivity index (χ4n) is 1.31. The van der Waals surface area contributed by atoms with Crippen LogP contribution in [-0.2, 0) is 0 Å². The molecule has 2 rings (SSSR count). The first-order valence-corrected chi connectivity index (χ1v) is 6.57. The highest BCUT2D eigenvalue weighted by Gasteiger charge is 1.99. The average Bonchev–Trinajstić information content (AvgIpc) is 2.32. The molecule has 2 aromatic rings. The van der Waals surface area contributed by atoms with Crippen LogP contribution in [0.3, 0.4) is 0 Å². The van der Waals surface area contributed by atoms with E-state index in [1.165, 1.54) is 11.1 Å². The molecule has 0 nitrogen and oxygen atoms in total.